The number of anilines is 4. The standard InChI is InChI=1S/C24H33N9O2/c1-35-19-13-17(33-11-9-32(10-12-33)14-20(25)34)7-8-18(19)29-24-30-22-21(26-15-27-22)23(31-24)28-16-5-3-2-4-6-16/h7-8,13,15-16H,2-6,9-12,14H2,1H3,(H2,25,34)(H3,26,27,28,29,30,31). The van der Waals surface area contributed by atoms with Crippen LogP contribution in [-0.4, -0.2) is 76.6 Å². The van der Waals surface area contributed by atoms with Crippen LogP contribution in [0.25, 0.3) is 11.2 Å². The topological polar surface area (TPSA) is 137 Å². The molecule has 1 amide bonds. The lowest BCUT2D eigenvalue weighted by Crippen LogP contribution is -2.48. The van der Waals surface area contributed by atoms with Gasteiger partial charge in [-0.05, 0) is 25.0 Å². The summed E-state index contributed by atoms with van der Waals surface area (Å²) in [5, 5.41) is 6.92. The molecule has 2 aromatic heterocycles. The van der Waals surface area contributed by atoms with Gasteiger partial charge >= 0.3 is 0 Å². The largest absolute Gasteiger partial charge is 0.494 e. The number of aromatic nitrogens is 4. The summed E-state index contributed by atoms with van der Waals surface area (Å²) in [6.45, 7) is 3.52. The fourth-order valence-electron chi connectivity index (χ4n) is 4.92. The number of carbonyl (C=O) groups excluding carboxylic acids is 1. The number of nitrogens with zero attached hydrogens (tertiary/aromatic N) is 5. The van der Waals surface area contributed by atoms with Crippen molar-refractivity contribution in [1.29, 1.82) is 0 Å². The van der Waals surface area contributed by atoms with Gasteiger partial charge in [0.15, 0.2) is 11.5 Å². The first-order chi connectivity index (χ1) is 17.1. The number of rotatable bonds is 8. The maximum Gasteiger partial charge on any atom is 0.231 e. The molecule has 0 radical (unpaired) electrons. The molecule has 1 saturated heterocycles. The van der Waals surface area contributed by atoms with Gasteiger partial charge in [-0.15, -0.1) is 0 Å². The van der Waals surface area contributed by atoms with Crippen molar-refractivity contribution >= 4 is 40.2 Å². The highest BCUT2D eigenvalue weighted by Crippen LogP contribution is 2.33. The zero-order valence-corrected chi connectivity index (χ0v) is 20.1. The summed E-state index contributed by atoms with van der Waals surface area (Å²) in [6.07, 6.45) is 7.71. The molecular weight excluding hydrogens is 446 g/mol. The average molecular weight is 480 g/mol. The van der Waals surface area contributed by atoms with Gasteiger partial charge in [-0.2, -0.15) is 9.97 Å². The van der Waals surface area contributed by atoms with E-state index in [2.05, 4.69) is 41.5 Å². The molecular formula is C24H33N9O2. The van der Waals surface area contributed by atoms with E-state index >= 15 is 0 Å². The summed E-state index contributed by atoms with van der Waals surface area (Å²) in [7, 11) is 1.66. The lowest BCUT2D eigenvalue weighted by molar-refractivity contribution is -0.119. The highest BCUT2D eigenvalue weighted by Gasteiger charge is 2.21. The number of amides is 1. The van der Waals surface area contributed by atoms with E-state index in [0.29, 0.717) is 29.9 Å². The highest BCUT2D eigenvalue weighted by molar-refractivity contribution is 5.84. The SMILES string of the molecule is COc1cc(N2CCN(CC(N)=O)CC2)ccc1Nc1nc(NC2CCCCC2)c2nc[nH]c2n1. The summed E-state index contributed by atoms with van der Waals surface area (Å²) in [4.78, 5) is 32.4. The van der Waals surface area contributed by atoms with Gasteiger partial charge in [-0.25, -0.2) is 4.98 Å². The number of fused-ring (bicyclic) bond motifs is 1. The van der Waals surface area contributed by atoms with Crippen LogP contribution >= 0.6 is 0 Å². The smallest absolute Gasteiger partial charge is 0.231 e. The molecule has 35 heavy (non-hydrogen) atoms. The minimum absolute atomic E-state index is 0.289. The van der Waals surface area contributed by atoms with Gasteiger partial charge in [0, 0.05) is 44.0 Å². The van der Waals surface area contributed by atoms with Crippen molar-refractivity contribution in [3.63, 3.8) is 0 Å². The number of carbonyl (C=O) groups is 1. The number of nitrogens with one attached hydrogen (secondary N) is 3. The quantitative estimate of drug-likeness (QED) is 0.384. The van der Waals surface area contributed by atoms with Crippen LogP contribution in [0, 0.1) is 0 Å². The molecule has 2 aliphatic rings. The Hall–Kier alpha value is -3.60. The van der Waals surface area contributed by atoms with Crippen LogP contribution in [0.5, 0.6) is 5.75 Å². The number of H-pyrrole nitrogens is 1. The van der Waals surface area contributed by atoms with Crippen molar-refractivity contribution in [2.24, 2.45) is 5.73 Å². The summed E-state index contributed by atoms with van der Waals surface area (Å²) in [6, 6.07) is 6.47. The Morgan fingerprint density at radius 1 is 1.17 bits per heavy atom. The first-order valence-electron chi connectivity index (χ1n) is 12.3. The Labute approximate surface area is 204 Å². The molecule has 1 aromatic carbocycles. The zero-order valence-electron chi connectivity index (χ0n) is 20.1. The molecule has 1 saturated carbocycles. The Morgan fingerprint density at radius 3 is 2.71 bits per heavy atom. The molecule has 0 bridgehead atoms. The van der Waals surface area contributed by atoms with Crippen molar-refractivity contribution in [2.45, 2.75) is 38.1 Å². The molecule has 11 nitrogen and oxygen atoms in total. The van der Waals surface area contributed by atoms with Gasteiger partial charge in [0.25, 0.3) is 0 Å². The molecule has 0 atom stereocenters. The second kappa shape index (κ2) is 10.3. The Morgan fingerprint density at radius 2 is 1.97 bits per heavy atom. The molecule has 1 aliphatic carbocycles. The van der Waals surface area contributed by atoms with Crippen molar-refractivity contribution in [1.82, 2.24) is 24.8 Å². The van der Waals surface area contributed by atoms with E-state index in [0.717, 1.165) is 61.7 Å². The van der Waals surface area contributed by atoms with Crippen LogP contribution in [0.4, 0.5) is 23.1 Å². The molecule has 5 N–H and O–H groups in total. The third kappa shape index (κ3) is 5.40. The Bertz CT molecular complexity index is 1170. The monoisotopic (exact) mass is 479 g/mol. The van der Waals surface area contributed by atoms with Crippen LogP contribution < -0.4 is 26.0 Å². The van der Waals surface area contributed by atoms with Crippen molar-refractivity contribution in [3.8, 4) is 5.75 Å². The minimum atomic E-state index is -0.289. The zero-order chi connectivity index (χ0) is 24.2. The highest BCUT2D eigenvalue weighted by atomic mass is 16.5. The number of hydrogen-bond donors (Lipinski definition) is 4. The summed E-state index contributed by atoms with van der Waals surface area (Å²) in [5.74, 6) is 1.64. The predicted octanol–water partition coefficient (Wildman–Crippen LogP) is 2.46. The molecule has 3 heterocycles. The second-order valence-corrected chi connectivity index (χ2v) is 9.21. The van der Waals surface area contributed by atoms with Gasteiger partial charge in [0.05, 0.1) is 25.7 Å². The van der Waals surface area contributed by atoms with E-state index in [-0.39, 0.29) is 5.91 Å². The number of methoxy groups -OCH3 is 1. The summed E-state index contributed by atoms with van der Waals surface area (Å²) in [5.41, 5.74) is 8.61. The van der Waals surface area contributed by atoms with E-state index in [9.17, 15) is 4.79 Å². The molecule has 0 unspecified atom stereocenters. The lowest BCUT2D eigenvalue weighted by Gasteiger charge is -2.35. The number of nitrogens with two attached hydrogens (primary N) is 1. The third-order valence-corrected chi connectivity index (χ3v) is 6.77. The summed E-state index contributed by atoms with van der Waals surface area (Å²) >= 11 is 0. The first kappa shape index (κ1) is 23.2. The van der Waals surface area contributed by atoms with Gasteiger partial charge in [0.2, 0.25) is 11.9 Å². The molecule has 3 aromatic rings. The molecule has 11 heteroatoms. The number of hydrogen-bond acceptors (Lipinski definition) is 9. The van der Waals surface area contributed by atoms with Gasteiger partial charge in [-0.3, -0.25) is 9.69 Å². The first-order valence-corrected chi connectivity index (χ1v) is 12.3. The summed E-state index contributed by atoms with van der Waals surface area (Å²) < 4.78 is 5.69. The number of primary amides is 1. The van der Waals surface area contributed by atoms with E-state index < -0.39 is 0 Å². The number of aromatic amines is 1. The second-order valence-electron chi connectivity index (χ2n) is 9.21. The normalized spacial score (nSPS) is 17.5. The van der Waals surface area contributed by atoms with E-state index in [1.165, 1.54) is 19.3 Å². The average Bonchev–Trinajstić information content (AvgIpc) is 3.34. The number of benzene rings is 1. The molecule has 0 spiro atoms. The Balaban J connectivity index is 1.32. The third-order valence-electron chi connectivity index (χ3n) is 6.77. The Kier molecular flexibility index (Phi) is 6.84. The van der Waals surface area contributed by atoms with Crippen molar-refractivity contribution in [2.75, 3.05) is 55.4 Å². The maximum atomic E-state index is 11.2. The molecule has 1 aliphatic heterocycles. The van der Waals surface area contributed by atoms with E-state index in [1.54, 1.807) is 13.4 Å². The van der Waals surface area contributed by atoms with Crippen LogP contribution in [-0.2, 0) is 4.79 Å². The van der Waals surface area contributed by atoms with E-state index in [1.807, 2.05) is 12.1 Å². The number of piperazine rings is 1. The number of ether oxygens (including phenoxy) is 1. The van der Waals surface area contributed by atoms with Crippen LogP contribution in [0.1, 0.15) is 32.1 Å². The van der Waals surface area contributed by atoms with Crippen LogP contribution in [0.2, 0.25) is 0 Å². The van der Waals surface area contributed by atoms with E-state index in [4.69, 9.17) is 15.5 Å². The van der Waals surface area contributed by atoms with Crippen molar-refractivity contribution < 1.29 is 9.53 Å². The lowest BCUT2D eigenvalue weighted by atomic mass is 9.95. The van der Waals surface area contributed by atoms with Crippen LogP contribution in [0.15, 0.2) is 24.5 Å². The van der Waals surface area contributed by atoms with Gasteiger partial charge < -0.3 is 31.0 Å². The predicted molar refractivity (Wildman–Crippen MR) is 136 cm³/mol. The fourth-order valence-corrected chi connectivity index (χ4v) is 4.92. The van der Waals surface area contributed by atoms with Crippen LogP contribution in [0.3, 0.4) is 0 Å². The molecule has 186 valence electrons. The minimum Gasteiger partial charge on any atom is -0.494 e. The number of imidazole rings is 1. The molecule has 2 fully saturated rings. The molecule has 5 rings (SSSR count). The van der Waals surface area contributed by atoms with Gasteiger partial charge in [0.1, 0.15) is 11.3 Å². The maximum absolute atomic E-state index is 11.2. The van der Waals surface area contributed by atoms with Crippen molar-refractivity contribution in [3.05, 3.63) is 24.5 Å². The fraction of sp³-hybridized carbons (Fsp3) is 0.500. The van der Waals surface area contributed by atoms with Gasteiger partial charge in [-0.1, -0.05) is 19.3 Å².